The fourth-order valence-electron chi connectivity index (χ4n) is 3.04. The van der Waals surface area contributed by atoms with Gasteiger partial charge < -0.3 is 4.98 Å². The number of thiophene rings is 1. The van der Waals surface area contributed by atoms with Crippen LogP contribution in [0, 0.1) is 0 Å². The molecule has 1 aliphatic rings. The molecule has 3 aromatic rings. The second-order valence-corrected chi connectivity index (χ2v) is 7.03. The van der Waals surface area contributed by atoms with Crippen molar-refractivity contribution < 1.29 is 13.2 Å². The molecule has 10 heteroatoms. The van der Waals surface area contributed by atoms with Crippen LogP contribution in [0.1, 0.15) is 24.4 Å². The zero-order valence-corrected chi connectivity index (χ0v) is 13.8. The molecule has 0 spiro atoms. The molecule has 4 heterocycles. The van der Waals surface area contributed by atoms with Crippen LogP contribution in [-0.4, -0.2) is 38.2 Å². The van der Waals surface area contributed by atoms with Gasteiger partial charge in [-0.2, -0.15) is 18.3 Å². The molecule has 25 heavy (non-hydrogen) atoms. The maximum Gasteiger partial charge on any atom is 0.433 e. The van der Waals surface area contributed by atoms with E-state index >= 15 is 0 Å². The van der Waals surface area contributed by atoms with Crippen molar-refractivity contribution in [2.75, 3.05) is 13.1 Å². The van der Waals surface area contributed by atoms with Crippen molar-refractivity contribution in [2.24, 2.45) is 0 Å². The van der Waals surface area contributed by atoms with Gasteiger partial charge in [-0.25, -0.2) is 4.98 Å². The van der Waals surface area contributed by atoms with E-state index < -0.39 is 11.9 Å². The lowest BCUT2D eigenvalue weighted by Crippen LogP contribution is -2.22. The minimum absolute atomic E-state index is 0.0732. The molecule has 0 atom stereocenters. The van der Waals surface area contributed by atoms with E-state index in [4.69, 9.17) is 0 Å². The van der Waals surface area contributed by atoms with Crippen LogP contribution in [0.15, 0.2) is 17.1 Å². The lowest BCUT2D eigenvalue weighted by Gasteiger charge is -2.13. The summed E-state index contributed by atoms with van der Waals surface area (Å²) in [5.74, 6) is 0.534. The van der Waals surface area contributed by atoms with Crippen LogP contribution >= 0.6 is 11.3 Å². The van der Waals surface area contributed by atoms with Gasteiger partial charge in [0.1, 0.15) is 16.2 Å². The summed E-state index contributed by atoms with van der Waals surface area (Å²) < 4.78 is 39.4. The van der Waals surface area contributed by atoms with E-state index in [1.807, 2.05) is 5.10 Å². The zero-order valence-electron chi connectivity index (χ0n) is 13.0. The summed E-state index contributed by atoms with van der Waals surface area (Å²) in [5.41, 5.74) is -0.913. The summed E-state index contributed by atoms with van der Waals surface area (Å²) in [6, 6.07) is 1.52. The molecular formula is C15H14F3N5OS. The van der Waals surface area contributed by atoms with Gasteiger partial charge in [0.05, 0.1) is 18.3 Å². The minimum atomic E-state index is -4.54. The lowest BCUT2D eigenvalue weighted by molar-refractivity contribution is -0.140. The summed E-state index contributed by atoms with van der Waals surface area (Å²) >= 11 is 0.983. The van der Waals surface area contributed by atoms with E-state index in [1.165, 1.54) is 6.07 Å². The molecule has 6 nitrogen and oxygen atoms in total. The Morgan fingerprint density at radius 2 is 2.04 bits per heavy atom. The fourth-order valence-corrected chi connectivity index (χ4v) is 4.05. The van der Waals surface area contributed by atoms with Crippen LogP contribution in [0.2, 0.25) is 0 Å². The number of hydrogen-bond donors (Lipinski definition) is 2. The second-order valence-electron chi connectivity index (χ2n) is 5.98. The van der Waals surface area contributed by atoms with Crippen LogP contribution in [0.25, 0.3) is 20.7 Å². The molecule has 2 N–H and O–H groups in total. The fraction of sp³-hybridized carbons (Fsp3) is 0.400. The molecular weight excluding hydrogens is 355 g/mol. The first-order chi connectivity index (χ1) is 11.9. The van der Waals surface area contributed by atoms with E-state index in [0.29, 0.717) is 27.5 Å². The van der Waals surface area contributed by atoms with Crippen molar-refractivity contribution in [1.29, 1.82) is 0 Å². The highest BCUT2D eigenvalue weighted by Crippen LogP contribution is 2.39. The predicted octanol–water partition coefficient (Wildman–Crippen LogP) is 2.99. The zero-order chi connectivity index (χ0) is 17.6. The monoisotopic (exact) mass is 369 g/mol. The van der Waals surface area contributed by atoms with Gasteiger partial charge >= 0.3 is 6.18 Å². The van der Waals surface area contributed by atoms with E-state index in [9.17, 15) is 18.0 Å². The van der Waals surface area contributed by atoms with E-state index in [0.717, 1.165) is 43.5 Å². The third kappa shape index (κ3) is 3.07. The van der Waals surface area contributed by atoms with Crippen LogP contribution in [0.3, 0.4) is 0 Å². The topological polar surface area (TPSA) is 77.7 Å². The SMILES string of the molecule is O=c1[nH]c(CN2CCCC2)nc2cc(-c3cn[nH]c3C(F)(F)F)sc12. The molecule has 0 aliphatic carbocycles. The van der Waals surface area contributed by atoms with Gasteiger partial charge in [-0.3, -0.25) is 14.8 Å². The number of nitrogens with zero attached hydrogens (tertiary/aromatic N) is 3. The van der Waals surface area contributed by atoms with Crippen molar-refractivity contribution in [3.63, 3.8) is 0 Å². The van der Waals surface area contributed by atoms with Crippen molar-refractivity contribution in [1.82, 2.24) is 25.1 Å². The quantitative estimate of drug-likeness (QED) is 0.744. The van der Waals surface area contributed by atoms with Crippen molar-refractivity contribution in [3.05, 3.63) is 34.1 Å². The van der Waals surface area contributed by atoms with Crippen LogP contribution in [0.4, 0.5) is 13.2 Å². The summed E-state index contributed by atoms with van der Waals surface area (Å²) in [5, 5.41) is 5.47. The number of halogens is 3. The van der Waals surface area contributed by atoms with E-state index in [2.05, 4.69) is 20.0 Å². The normalized spacial score (nSPS) is 16.1. The number of likely N-dealkylation sites (tertiary alicyclic amines) is 1. The smallest absolute Gasteiger partial charge is 0.308 e. The first kappa shape index (κ1) is 16.3. The third-order valence-corrected chi connectivity index (χ3v) is 5.35. The van der Waals surface area contributed by atoms with Crippen molar-refractivity contribution in [3.8, 4) is 10.4 Å². The van der Waals surface area contributed by atoms with Crippen LogP contribution in [-0.2, 0) is 12.7 Å². The van der Waals surface area contributed by atoms with Gasteiger partial charge in [-0.1, -0.05) is 0 Å². The van der Waals surface area contributed by atoms with E-state index in [1.54, 1.807) is 0 Å². The van der Waals surface area contributed by atoms with Crippen LogP contribution in [0.5, 0.6) is 0 Å². The van der Waals surface area contributed by atoms with Gasteiger partial charge in [0.2, 0.25) is 0 Å². The Hall–Kier alpha value is -2.20. The van der Waals surface area contributed by atoms with Crippen molar-refractivity contribution in [2.45, 2.75) is 25.6 Å². The third-order valence-electron chi connectivity index (χ3n) is 4.19. The maximum atomic E-state index is 13.0. The Labute approximate surface area is 143 Å². The summed E-state index contributed by atoms with van der Waals surface area (Å²) in [6.45, 7) is 2.46. The number of aromatic nitrogens is 4. The average molecular weight is 369 g/mol. The van der Waals surface area contributed by atoms with Gasteiger partial charge in [0.15, 0.2) is 0 Å². The molecule has 0 bridgehead atoms. The van der Waals surface area contributed by atoms with Crippen molar-refractivity contribution >= 4 is 21.6 Å². The molecule has 0 unspecified atom stereocenters. The molecule has 1 aliphatic heterocycles. The molecule has 132 valence electrons. The van der Waals surface area contributed by atoms with E-state index in [-0.39, 0.29) is 11.1 Å². The molecule has 0 amide bonds. The van der Waals surface area contributed by atoms with Gasteiger partial charge in [0.25, 0.3) is 5.56 Å². The number of hydrogen-bond acceptors (Lipinski definition) is 5. The first-order valence-corrected chi connectivity index (χ1v) is 8.59. The first-order valence-electron chi connectivity index (χ1n) is 7.78. The highest BCUT2D eigenvalue weighted by Gasteiger charge is 2.36. The molecule has 0 saturated carbocycles. The molecule has 3 aromatic heterocycles. The molecule has 0 radical (unpaired) electrons. The molecule has 1 fully saturated rings. The Morgan fingerprint density at radius 1 is 1.28 bits per heavy atom. The van der Waals surface area contributed by atoms with Crippen LogP contribution < -0.4 is 5.56 Å². The number of rotatable bonds is 3. The lowest BCUT2D eigenvalue weighted by atomic mass is 10.2. The predicted molar refractivity (Wildman–Crippen MR) is 87.3 cm³/mol. The molecule has 0 aromatic carbocycles. The summed E-state index contributed by atoms with van der Waals surface area (Å²) in [7, 11) is 0. The largest absolute Gasteiger partial charge is 0.433 e. The number of H-pyrrole nitrogens is 2. The highest BCUT2D eigenvalue weighted by atomic mass is 32.1. The maximum absolute atomic E-state index is 13.0. The minimum Gasteiger partial charge on any atom is -0.308 e. The molecule has 1 saturated heterocycles. The number of nitrogens with one attached hydrogen (secondary N) is 2. The Morgan fingerprint density at radius 3 is 2.76 bits per heavy atom. The standard InChI is InChI=1S/C15H14F3N5OS/c16-15(17,18)13-8(6-19-22-13)10-5-9-12(25-10)14(24)21-11(20-9)7-23-3-1-2-4-23/h5-6H,1-4,7H2,(H,19,22)(H,20,21,24). The Bertz CT molecular complexity index is 968. The summed E-state index contributed by atoms with van der Waals surface area (Å²) in [6.07, 6.45) is -1.18. The number of alkyl halides is 3. The summed E-state index contributed by atoms with van der Waals surface area (Å²) in [4.78, 5) is 22.0. The highest BCUT2D eigenvalue weighted by molar-refractivity contribution is 7.22. The second kappa shape index (κ2) is 5.95. The van der Waals surface area contributed by atoms with Gasteiger partial charge in [-0.15, -0.1) is 11.3 Å². The average Bonchev–Trinajstić information content (AvgIpc) is 3.26. The Kier molecular flexibility index (Phi) is 3.88. The number of aromatic amines is 2. The Balaban J connectivity index is 1.74. The van der Waals surface area contributed by atoms with Gasteiger partial charge in [-0.05, 0) is 32.0 Å². The van der Waals surface area contributed by atoms with Gasteiger partial charge in [0, 0.05) is 10.4 Å². The molecule has 4 rings (SSSR count). The number of fused-ring (bicyclic) bond motifs is 1.